The van der Waals surface area contributed by atoms with Crippen LogP contribution in [0.25, 0.3) is 21.9 Å². The molecule has 1 spiro atoms. The first-order valence-electron chi connectivity index (χ1n) is 11.3. The van der Waals surface area contributed by atoms with Crippen molar-refractivity contribution in [3.63, 3.8) is 0 Å². The van der Waals surface area contributed by atoms with Crippen LogP contribution in [0.5, 0.6) is 0 Å². The molecular weight excluding hydrogens is 462 g/mol. The van der Waals surface area contributed by atoms with Crippen LogP contribution in [0.2, 0.25) is 0 Å². The van der Waals surface area contributed by atoms with Crippen molar-refractivity contribution in [3.8, 4) is 11.1 Å². The first kappa shape index (κ1) is 21.8. The van der Waals surface area contributed by atoms with Crippen LogP contribution in [0.4, 0.5) is 5.69 Å². The van der Waals surface area contributed by atoms with Crippen LogP contribution in [-0.2, 0) is 26.8 Å². The summed E-state index contributed by atoms with van der Waals surface area (Å²) in [5.74, 6) is -0.0943. The van der Waals surface area contributed by atoms with E-state index < -0.39 is 15.4 Å². The van der Waals surface area contributed by atoms with Gasteiger partial charge in [-0.3, -0.25) is 9.78 Å². The van der Waals surface area contributed by atoms with Crippen LogP contribution < -0.4 is 4.90 Å². The van der Waals surface area contributed by atoms with E-state index in [0.29, 0.717) is 0 Å². The molecular formula is C26H23N5O3S. The Hall–Kier alpha value is -3.69. The number of carbonyl (C=O) groups excluding carboxylic acids is 1. The number of aryl methyl sites for hydroxylation is 1. The minimum atomic E-state index is -3.37. The molecule has 1 saturated heterocycles. The standard InChI is InChI=1S/C26H23N5O3S/c1-17-7-8-20-19(11-17)12-27-22(24(20)18-9-10-28-29-13-18)14-31-23-6-4-3-5-21(23)26(25(31)32)15-30(16-26)35(2,33)34/h3-13H,14-16H2,1-2H3. The molecule has 35 heavy (non-hydrogen) atoms. The fourth-order valence-corrected chi connectivity index (χ4v) is 6.17. The monoisotopic (exact) mass is 485 g/mol. The molecule has 2 aromatic carbocycles. The summed E-state index contributed by atoms with van der Waals surface area (Å²) in [4.78, 5) is 20.4. The van der Waals surface area contributed by atoms with Gasteiger partial charge in [0.15, 0.2) is 0 Å². The Morgan fingerprint density at radius 1 is 1.03 bits per heavy atom. The first-order valence-corrected chi connectivity index (χ1v) is 13.1. The number of amides is 1. The van der Waals surface area contributed by atoms with Gasteiger partial charge in [0.1, 0.15) is 5.41 Å². The lowest BCUT2D eigenvalue weighted by Crippen LogP contribution is -2.64. The van der Waals surface area contributed by atoms with Crippen LogP contribution in [0, 0.1) is 6.92 Å². The highest BCUT2D eigenvalue weighted by atomic mass is 32.2. The third-order valence-corrected chi connectivity index (χ3v) is 8.23. The number of pyridine rings is 1. The molecule has 1 amide bonds. The van der Waals surface area contributed by atoms with Crippen molar-refractivity contribution in [2.24, 2.45) is 0 Å². The Balaban J connectivity index is 1.46. The predicted octanol–water partition coefficient (Wildman–Crippen LogP) is 3.06. The van der Waals surface area contributed by atoms with Gasteiger partial charge in [0, 0.05) is 41.5 Å². The Labute approximate surface area is 203 Å². The zero-order chi connectivity index (χ0) is 24.4. The number of para-hydroxylation sites is 1. The van der Waals surface area contributed by atoms with Gasteiger partial charge in [-0.05, 0) is 36.1 Å². The third kappa shape index (κ3) is 3.34. The summed E-state index contributed by atoms with van der Waals surface area (Å²) in [6.07, 6.45) is 6.37. The largest absolute Gasteiger partial charge is 0.305 e. The maximum absolute atomic E-state index is 13.9. The van der Waals surface area contributed by atoms with Crippen molar-refractivity contribution in [3.05, 3.63) is 83.9 Å². The Morgan fingerprint density at radius 2 is 1.83 bits per heavy atom. The van der Waals surface area contributed by atoms with Crippen molar-refractivity contribution in [2.75, 3.05) is 24.2 Å². The summed E-state index contributed by atoms with van der Waals surface area (Å²) in [5.41, 5.74) is 4.48. The van der Waals surface area contributed by atoms with Crippen molar-refractivity contribution in [2.45, 2.75) is 18.9 Å². The van der Waals surface area contributed by atoms with Gasteiger partial charge in [0.05, 0.1) is 30.9 Å². The smallest absolute Gasteiger partial charge is 0.240 e. The maximum Gasteiger partial charge on any atom is 0.240 e. The van der Waals surface area contributed by atoms with E-state index in [0.717, 1.165) is 44.4 Å². The SMILES string of the molecule is Cc1ccc2c(-c3ccnnc3)c(CN3C(=O)C4(CN(S(C)(=O)=O)C4)c4ccccc43)ncc2c1. The fourth-order valence-electron chi connectivity index (χ4n) is 5.26. The van der Waals surface area contributed by atoms with Gasteiger partial charge in [-0.15, -0.1) is 0 Å². The summed E-state index contributed by atoms with van der Waals surface area (Å²) in [7, 11) is -3.37. The molecule has 4 heterocycles. The highest BCUT2D eigenvalue weighted by Gasteiger charge is 2.60. The number of rotatable bonds is 4. The van der Waals surface area contributed by atoms with Crippen molar-refractivity contribution < 1.29 is 13.2 Å². The second kappa shape index (κ2) is 7.66. The lowest BCUT2D eigenvalue weighted by Gasteiger charge is -2.45. The molecule has 0 atom stereocenters. The molecule has 6 rings (SSSR count). The predicted molar refractivity (Wildman–Crippen MR) is 133 cm³/mol. The van der Waals surface area contributed by atoms with E-state index in [-0.39, 0.29) is 25.5 Å². The van der Waals surface area contributed by atoms with Gasteiger partial charge in [0.25, 0.3) is 0 Å². The van der Waals surface area contributed by atoms with Crippen molar-refractivity contribution >= 4 is 32.4 Å². The van der Waals surface area contributed by atoms with E-state index in [1.807, 2.05) is 43.5 Å². The third-order valence-electron chi connectivity index (χ3n) is 7.03. The van der Waals surface area contributed by atoms with Crippen LogP contribution >= 0.6 is 0 Å². The van der Waals surface area contributed by atoms with Crippen LogP contribution in [0.3, 0.4) is 0 Å². The summed E-state index contributed by atoms with van der Waals surface area (Å²) in [6.45, 7) is 2.62. The molecule has 8 nitrogen and oxygen atoms in total. The van der Waals surface area contributed by atoms with Crippen LogP contribution in [-0.4, -0.2) is 53.2 Å². The number of aromatic nitrogens is 3. The molecule has 176 valence electrons. The number of benzene rings is 2. The molecule has 2 aliphatic heterocycles. The molecule has 0 radical (unpaired) electrons. The van der Waals surface area contributed by atoms with Crippen molar-refractivity contribution in [1.29, 1.82) is 0 Å². The lowest BCUT2D eigenvalue weighted by atomic mass is 9.76. The number of hydrogen-bond acceptors (Lipinski definition) is 6. The van der Waals surface area contributed by atoms with Gasteiger partial charge in [-0.1, -0.05) is 35.9 Å². The highest BCUT2D eigenvalue weighted by molar-refractivity contribution is 7.88. The number of hydrogen-bond donors (Lipinski definition) is 0. The summed E-state index contributed by atoms with van der Waals surface area (Å²) in [5, 5.41) is 10.0. The molecule has 2 aliphatic rings. The molecule has 9 heteroatoms. The molecule has 1 fully saturated rings. The van der Waals surface area contributed by atoms with Crippen molar-refractivity contribution in [1.82, 2.24) is 19.5 Å². The molecule has 0 bridgehead atoms. The lowest BCUT2D eigenvalue weighted by molar-refractivity contribution is -0.127. The summed E-state index contributed by atoms with van der Waals surface area (Å²) >= 11 is 0. The summed E-state index contributed by atoms with van der Waals surface area (Å²) < 4.78 is 25.5. The number of carbonyl (C=O) groups is 1. The average molecular weight is 486 g/mol. The molecule has 0 saturated carbocycles. The topological polar surface area (TPSA) is 96.4 Å². The average Bonchev–Trinajstić information content (AvgIpc) is 3.06. The van der Waals surface area contributed by atoms with Gasteiger partial charge in [0.2, 0.25) is 15.9 Å². The van der Waals surface area contributed by atoms with Crippen LogP contribution in [0.15, 0.2) is 67.1 Å². The number of sulfonamides is 1. The Kier molecular flexibility index (Phi) is 4.77. The zero-order valence-corrected chi connectivity index (χ0v) is 20.2. The van der Waals surface area contributed by atoms with E-state index in [9.17, 15) is 13.2 Å². The van der Waals surface area contributed by atoms with Gasteiger partial charge in [-0.25, -0.2) is 8.42 Å². The maximum atomic E-state index is 13.9. The van der Waals surface area contributed by atoms with E-state index >= 15 is 0 Å². The second-order valence-corrected chi connectivity index (χ2v) is 11.3. The highest BCUT2D eigenvalue weighted by Crippen LogP contribution is 2.48. The van der Waals surface area contributed by atoms with Crippen LogP contribution in [0.1, 0.15) is 16.8 Å². The van der Waals surface area contributed by atoms with E-state index in [4.69, 9.17) is 4.98 Å². The summed E-state index contributed by atoms with van der Waals surface area (Å²) in [6, 6.07) is 15.8. The normalized spacial score (nSPS) is 17.1. The quantitative estimate of drug-likeness (QED) is 0.441. The van der Waals surface area contributed by atoms with Gasteiger partial charge < -0.3 is 4.90 Å². The minimum absolute atomic E-state index is 0.0943. The van der Waals surface area contributed by atoms with E-state index in [2.05, 4.69) is 28.4 Å². The Morgan fingerprint density at radius 3 is 2.57 bits per heavy atom. The molecule has 0 aliphatic carbocycles. The fraction of sp³-hybridized carbons (Fsp3) is 0.231. The number of nitrogens with zero attached hydrogens (tertiary/aromatic N) is 5. The zero-order valence-electron chi connectivity index (χ0n) is 19.3. The molecule has 2 aromatic heterocycles. The molecule has 0 unspecified atom stereocenters. The Bertz CT molecular complexity index is 1600. The van der Waals surface area contributed by atoms with E-state index in [1.165, 1.54) is 10.6 Å². The minimum Gasteiger partial charge on any atom is -0.305 e. The molecule has 4 aromatic rings. The number of fused-ring (bicyclic) bond motifs is 3. The van der Waals surface area contributed by atoms with Gasteiger partial charge in [-0.2, -0.15) is 14.5 Å². The van der Waals surface area contributed by atoms with Gasteiger partial charge >= 0.3 is 0 Å². The van der Waals surface area contributed by atoms with E-state index in [1.54, 1.807) is 17.3 Å². The number of anilines is 1. The first-order chi connectivity index (χ1) is 16.8. The second-order valence-electron chi connectivity index (χ2n) is 9.32. The molecule has 0 N–H and O–H groups in total.